The highest BCUT2D eigenvalue weighted by atomic mass is 32.2. The van der Waals surface area contributed by atoms with Crippen LogP contribution in [0.25, 0.3) is 5.57 Å². The molecule has 1 amide bonds. The summed E-state index contributed by atoms with van der Waals surface area (Å²) in [6.07, 6.45) is 0. The Morgan fingerprint density at radius 2 is 1.66 bits per heavy atom. The van der Waals surface area contributed by atoms with E-state index >= 15 is 0 Å². The Kier molecular flexibility index (Phi) is 5.57. The van der Waals surface area contributed by atoms with Gasteiger partial charge in [-0.15, -0.1) is 0 Å². The molecule has 1 N–H and O–H groups in total. The Morgan fingerprint density at radius 3 is 2.24 bits per heavy atom. The van der Waals surface area contributed by atoms with Crippen LogP contribution in [-0.4, -0.2) is 35.6 Å². The fourth-order valence-electron chi connectivity index (χ4n) is 3.39. The third kappa shape index (κ3) is 3.55. The minimum absolute atomic E-state index is 0.275. The molecular formula is C21H24N2O5S. The molecule has 0 spiro atoms. The third-order valence-electron chi connectivity index (χ3n) is 5.06. The first-order valence-electron chi connectivity index (χ1n) is 9.04. The van der Waals surface area contributed by atoms with Crippen molar-refractivity contribution in [3.63, 3.8) is 0 Å². The average Bonchev–Trinajstić information content (AvgIpc) is 2.71. The average molecular weight is 416 g/mol. The number of nitrogens with zero attached hydrogens (tertiary/aromatic N) is 1. The minimum Gasteiger partial charge on any atom is -0.493 e. The molecule has 8 heteroatoms. The SMILES string of the molecule is COc1cc2c(cc1OC)N(C)S(=O)(=O)C(C(=O)N[C@H](C)c1ccccc1)=C2C. The lowest BCUT2D eigenvalue weighted by molar-refractivity contribution is -0.117. The highest BCUT2D eigenvalue weighted by Gasteiger charge is 2.38. The number of allylic oxidation sites excluding steroid dienone is 1. The van der Waals surface area contributed by atoms with Gasteiger partial charge in [0.2, 0.25) is 0 Å². The number of fused-ring (bicyclic) bond motifs is 1. The third-order valence-corrected chi connectivity index (χ3v) is 6.98. The van der Waals surface area contributed by atoms with Crippen LogP contribution in [0, 0.1) is 0 Å². The van der Waals surface area contributed by atoms with Crippen LogP contribution in [0.3, 0.4) is 0 Å². The number of amides is 1. The van der Waals surface area contributed by atoms with E-state index in [-0.39, 0.29) is 10.9 Å². The van der Waals surface area contributed by atoms with Gasteiger partial charge in [-0.1, -0.05) is 30.3 Å². The molecule has 0 unspecified atom stereocenters. The molecule has 0 saturated carbocycles. The molecule has 2 aromatic rings. The van der Waals surface area contributed by atoms with Gasteiger partial charge >= 0.3 is 0 Å². The van der Waals surface area contributed by atoms with E-state index in [4.69, 9.17) is 9.47 Å². The number of carbonyl (C=O) groups is 1. The molecule has 0 bridgehead atoms. The second-order valence-corrected chi connectivity index (χ2v) is 8.66. The fraction of sp³-hybridized carbons (Fsp3) is 0.286. The lowest BCUT2D eigenvalue weighted by Crippen LogP contribution is -2.39. The summed E-state index contributed by atoms with van der Waals surface area (Å²) in [5.74, 6) is 0.216. The molecule has 1 heterocycles. The zero-order chi connectivity index (χ0) is 21.3. The van der Waals surface area contributed by atoms with Crippen molar-refractivity contribution in [2.75, 3.05) is 25.6 Å². The maximum Gasteiger partial charge on any atom is 0.269 e. The Bertz CT molecular complexity index is 1080. The number of hydrogen-bond acceptors (Lipinski definition) is 5. The number of benzene rings is 2. The van der Waals surface area contributed by atoms with E-state index in [1.54, 1.807) is 19.1 Å². The molecule has 7 nitrogen and oxygen atoms in total. The van der Waals surface area contributed by atoms with Crippen molar-refractivity contribution in [2.45, 2.75) is 19.9 Å². The number of methoxy groups -OCH3 is 2. The zero-order valence-electron chi connectivity index (χ0n) is 17.0. The van der Waals surface area contributed by atoms with Crippen LogP contribution < -0.4 is 19.1 Å². The minimum atomic E-state index is -4.03. The Labute approximate surface area is 171 Å². The van der Waals surface area contributed by atoms with Gasteiger partial charge in [-0.3, -0.25) is 9.10 Å². The second kappa shape index (κ2) is 7.79. The number of nitrogens with one attached hydrogen (secondary N) is 1. The van der Waals surface area contributed by atoms with Crippen LogP contribution >= 0.6 is 0 Å². The summed E-state index contributed by atoms with van der Waals surface area (Å²) in [5, 5.41) is 2.80. The van der Waals surface area contributed by atoms with Gasteiger partial charge in [-0.05, 0) is 31.1 Å². The van der Waals surface area contributed by atoms with E-state index in [0.717, 1.165) is 9.87 Å². The molecule has 0 aromatic heterocycles. The van der Waals surface area contributed by atoms with E-state index in [1.165, 1.54) is 21.3 Å². The predicted molar refractivity (Wildman–Crippen MR) is 112 cm³/mol. The summed E-state index contributed by atoms with van der Waals surface area (Å²) in [4.78, 5) is 12.7. The van der Waals surface area contributed by atoms with Crippen LogP contribution in [0.4, 0.5) is 5.69 Å². The molecule has 0 saturated heterocycles. The molecule has 29 heavy (non-hydrogen) atoms. The van der Waals surface area contributed by atoms with Crippen LogP contribution in [0.2, 0.25) is 0 Å². The van der Waals surface area contributed by atoms with Crippen molar-refractivity contribution in [3.8, 4) is 11.5 Å². The number of carbonyl (C=O) groups excluding carboxylic acids is 1. The van der Waals surface area contributed by atoms with Crippen molar-refractivity contribution in [1.82, 2.24) is 5.32 Å². The largest absolute Gasteiger partial charge is 0.493 e. The molecule has 1 aliphatic heterocycles. The topological polar surface area (TPSA) is 84.9 Å². The maximum absolute atomic E-state index is 13.1. The lowest BCUT2D eigenvalue weighted by atomic mass is 10.0. The van der Waals surface area contributed by atoms with Crippen molar-refractivity contribution in [1.29, 1.82) is 0 Å². The predicted octanol–water partition coefficient (Wildman–Crippen LogP) is 3.09. The van der Waals surface area contributed by atoms with Crippen LogP contribution in [0.1, 0.15) is 31.0 Å². The monoisotopic (exact) mass is 416 g/mol. The molecule has 0 radical (unpaired) electrons. The smallest absolute Gasteiger partial charge is 0.269 e. The Morgan fingerprint density at radius 1 is 1.07 bits per heavy atom. The van der Waals surface area contributed by atoms with Crippen LogP contribution in [-0.2, 0) is 14.8 Å². The van der Waals surface area contributed by atoms with Crippen molar-refractivity contribution < 1.29 is 22.7 Å². The van der Waals surface area contributed by atoms with Gasteiger partial charge in [0.1, 0.15) is 0 Å². The first-order chi connectivity index (χ1) is 13.7. The van der Waals surface area contributed by atoms with Gasteiger partial charge in [0, 0.05) is 18.7 Å². The molecule has 3 rings (SSSR count). The summed E-state index contributed by atoms with van der Waals surface area (Å²) < 4.78 is 38.0. The van der Waals surface area contributed by atoms with Crippen molar-refractivity contribution in [2.24, 2.45) is 0 Å². The van der Waals surface area contributed by atoms with Crippen LogP contribution in [0.15, 0.2) is 47.4 Å². The fourth-order valence-corrected chi connectivity index (χ4v) is 4.86. The molecule has 0 fully saturated rings. The number of anilines is 1. The molecule has 1 atom stereocenters. The van der Waals surface area contributed by atoms with Gasteiger partial charge < -0.3 is 14.8 Å². The summed E-state index contributed by atoms with van der Waals surface area (Å²) in [6, 6.07) is 12.3. The van der Waals surface area contributed by atoms with E-state index in [9.17, 15) is 13.2 Å². The van der Waals surface area contributed by atoms with Gasteiger partial charge in [0.25, 0.3) is 15.9 Å². The highest BCUT2D eigenvalue weighted by molar-refractivity contribution is 7.97. The van der Waals surface area contributed by atoms with Gasteiger partial charge in [0.05, 0.1) is 25.9 Å². The first kappa shape index (κ1) is 20.7. The van der Waals surface area contributed by atoms with Crippen LogP contribution in [0.5, 0.6) is 11.5 Å². The van der Waals surface area contributed by atoms with Gasteiger partial charge in [-0.25, -0.2) is 8.42 Å². The van der Waals surface area contributed by atoms with Gasteiger partial charge in [0.15, 0.2) is 16.4 Å². The summed E-state index contributed by atoms with van der Waals surface area (Å²) in [6.45, 7) is 3.43. The van der Waals surface area contributed by atoms with Crippen molar-refractivity contribution >= 4 is 27.2 Å². The highest BCUT2D eigenvalue weighted by Crippen LogP contribution is 2.44. The quantitative estimate of drug-likeness (QED) is 0.810. The number of rotatable bonds is 5. The second-order valence-electron chi connectivity index (χ2n) is 6.76. The molecule has 2 aromatic carbocycles. The summed E-state index contributed by atoms with van der Waals surface area (Å²) >= 11 is 0. The molecule has 154 valence electrons. The van der Waals surface area contributed by atoms with E-state index < -0.39 is 15.9 Å². The zero-order valence-corrected chi connectivity index (χ0v) is 17.8. The van der Waals surface area contributed by atoms with E-state index in [0.29, 0.717) is 28.3 Å². The first-order valence-corrected chi connectivity index (χ1v) is 10.5. The molecule has 0 aliphatic carbocycles. The summed E-state index contributed by atoms with van der Waals surface area (Å²) in [5.41, 5.74) is 2.26. The summed E-state index contributed by atoms with van der Waals surface area (Å²) in [7, 11) is 0.367. The Hall–Kier alpha value is -3.00. The van der Waals surface area contributed by atoms with E-state index in [1.807, 2.05) is 37.3 Å². The van der Waals surface area contributed by atoms with Gasteiger partial charge in [-0.2, -0.15) is 0 Å². The Balaban J connectivity index is 2.09. The van der Waals surface area contributed by atoms with E-state index in [2.05, 4.69) is 5.32 Å². The lowest BCUT2D eigenvalue weighted by Gasteiger charge is -2.30. The standard InChI is InChI=1S/C21H24N2O5S/c1-13-16-11-18(27-4)19(28-5)12-17(16)23(3)29(25,26)20(13)21(24)22-14(2)15-9-7-6-8-10-15/h6-12,14H,1-5H3,(H,22,24)/t14-/m1/s1. The maximum atomic E-state index is 13.1. The van der Waals surface area contributed by atoms with Crippen molar-refractivity contribution in [3.05, 3.63) is 58.5 Å². The normalized spacial score (nSPS) is 16.1. The number of hydrogen-bond donors (Lipinski definition) is 1. The number of ether oxygens (including phenoxy) is 2. The molecular weight excluding hydrogens is 392 g/mol. The molecule has 1 aliphatic rings. The number of sulfonamides is 1.